The Morgan fingerprint density at radius 3 is 3.12 bits per heavy atom. The van der Waals surface area contributed by atoms with Crippen LogP contribution >= 0.6 is 35.3 Å². The van der Waals surface area contributed by atoms with Crippen molar-refractivity contribution in [1.29, 1.82) is 0 Å². The van der Waals surface area contributed by atoms with Crippen LogP contribution in [-0.4, -0.2) is 21.6 Å². The molecule has 0 fully saturated rings. The Hall–Kier alpha value is -0.590. The lowest BCUT2D eigenvalue weighted by Gasteiger charge is -2.13. The van der Waals surface area contributed by atoms with Crippen molar-refractivity contribution in [1.82, 2.24) is 9.55 Å². The molecule has 0 aliphatic heterocycles. The minimum absolute atomic E-state index is 0.0234. The van der Waals surface area contributed by atoms with Crippen LogP contribution in [0.5, 0.6) is 0 Å². The van der Waals surface area contributed by atoms with E-state index in [4.69, 9.17) is 12.2 Å². The first kappa shape index (κ1) is 11.9. The van der Waals surface area contributed by atoms with Crippen LogP contribution in [0.2, 0.25) is 0 Å². The first-order valence-corrected chi connectivity index (χ1v) is 7.54. The molecule has 0 saturated heterocycles. The van der Waals surface area contributed by atoms with Crippen molar-refractivity contribution in [2.75, 3.05) is 12.0 Å². The van der Waals surface area contributed by atoms with E-state index >= 15 is 0 Å². The van der Waals surface area contributed by atoms with Gasteiger partial charge in [-0.3, -0.25) is 9.36 Å². The normalized spacial score (nSPS) is 13.1. The summed E-state index contributed by atoms with van der Waals surface area (Å²) in [6.07, 6.45) is 2.03. The molecule has 6 heteroatoms. The van der Waals surface area contributed by atoms with Gasteiger partial charge in [0, 0.05) is 11.8 Å². The molecular formula is C10H12N2OS3. The van der Waals surface area contributed by atoms with Gasteiger partial charge in [-0.1, -0.05) is 0 Å². The summed E-state index contributed by atoms with van der Waals surface area (Å²) in [5.41, 5.74) is 0.864. The zero-order valence-corrected chi connectivity index (χ0v) is 11.5. The number of nitrogens with zero attached hydrogens (tertiary/aromatic N) is 1. The highest BCUT2D eigenvalue weighted by atomic mass is 32.2. The smallest absolute Gasteiger partial charge is 0.272 e. The number of rotatable bonds is 3. The SMILES string of the molecule is CSCC(C)n1c(=S)[nH]c2ccsc2c1=O. The third-order valence-electron chi connectivity index (χ3n) is 2.39. The van der Waals surface area contributed by atoms with Crippen molar-refractivity contribution in [2.24, 2.45) is 0 Å². The molecule has 0 amide bonds. The molecule has 0 spiro atoms. The highest BCUT2D eigenvalue weighted by Gasteiger charge is 2.11. The van der Waals surface area contributed by atoms with Crippen LogP contribution in [-0.2, 0) is 0 Å². The van der Waals surface area contributed by atoms with E-state index in [9.17, 15) is 4.79 Å². The van der Waals surface area contributed by atoms with Crippen LogP contribution in [0.1, 0.15) is 13.0 Å². The third-order valence-corrected chi connectivity index (χ3v) is 4.40. The van der Waals surface area contributed by atoms with Crippen molar-refractivity contribution in [3.05, 3.63) is 26.6 Å². The van der Waals surface area contributed by atoms with Crippen molar-refractivity contribution in [2.45, 2.75) is 13.0 Å². The Morgan fingerprint density at radius 2 is 2.44 bits per heavy atom. The summed E-state index contributed by atoms with van der Waals surface area (Å²) in [6.45, 7) is 2.01. The summed E-state index contributed by atoms with van der Waals surface area (Å²) in [5.74, 6) is 0.883. The molecule has 2 heterocycles. The monoisotopic (exact) mass is 272 g/mol. The molecule has 1 N–H and O–H groups in total. The Labute approximate surface area is 107 Å². The first-order chi connectivity index (χ1) is 7.65. The van der Waals surface area contributed by atoms with E-state index < -0.39 is 0 Å². The number of hydrogen-bond acceptors (Lipinski definition) is 4. The van der Waals surface area contributed by atoms with Gasteiger partial charge >= 0.3 is 0 Å². The maximum absolute atomic E-state index is 12.2. The van der Waals surface area contributed by atoms with E-state index in [0.29, 0.717) is 4.77 Å². The van der Waals surface area contributed by atoms with Gasteiger partial charge in [0.1, 0.15) is 4.70 Å². The predicted octanol–water partition coefficient (Wildman–Crippen LogP) is 3.04. The molecule has 0 radical (unpaired) electrons. The molecule has 0 saturated carbocycles. The summed E-state index contributed by atoms with van der Waals surface area (Å²) in [4.78, 5) is 15.3. The van der Waals surface area contributed by atoms with Gasteiger partial charge in [0.2, 0.25) is 0 Å². The maximum atomic E-state index is 12.2. The van der Waals surface area contributed by atoms with Crippen LogP contribution in [0.4, 0.5) is 0 Å². The van der Waals surface area contributed by atoms with E-state index in [2.05, 4.69) is 4.98 Å². The van der Waals surface area contributed by atoms with E-state index in [-0.39, 0.29) is 11.6 Å². The predicted molar refractivity (Wildman–Crippen MR) is 74.4 cm³/mol. The summed E-state index contributed by atoms with van der Waals surface area (Å²) in [6, 6.07) is 2.01. The molecule has 86 valence electrons. The molecular weight excluding hydrogens is 260 g/mol. The lowest BCUT2D eigenvalue weighted by atomic mass is 10.3. The molecule has 2 aromatic heterocycles. The number of aromatic nitrogens is 2. The molecule has 0 aromatic carbocycles. The first-order valence-electron chi connectivity index (χ1n) is 4.86. The second-order valence-corrected chi connectivity index (χ2v) is 5.79. The second-order valence-electron chi connectivity index (χ2n) is 3.57. The molecule has 0 aliphatic rings. The highest BCUT2D eigenvalue weighted by Crippen LogP contribution is 2.16. The van der Waals surface area contributed by atoms with Crippen LogP contribution in [0.15, 0.2) is 16.2 Å². The van der Waals surface area contributed by atoms with Crippen molar-refractivity contribution in [3.63, 3.8) is 0 Å². The van der Waals surface area contributed by atoms with Crippen LogP contribution in [0.3, 0.4) is 0 Å². The third kappa shape index (κ3) is 1.97. The quantitative estimate of drug-likeness (QED) is 0.873. The number of H-pyrrole nitrogens is 1. The number of thiophene rings is 1. The molecule has 1 atom stereocenters. The summed E-state index contributed by atoms with van der Waals surface area (Å²) in [5, 5.41) is 1.90. The maximum Gasteiger partial charge on any atom is 0.272 e. The minimum atomic E-state index is 0.0234. The van der Waals surface area contributed by atoms with Gasteiger partial charge in [0.15, 0.2) is 4.77 Å². The molecule has 1 unspecified atom stereocenters. The second kappa shape index (κ2) is 4.73. The number of thioether (sulfide) groups is 1. The molecule has 2 aromatic rings. The lowest BCUT2D eigenvalue weighted by molar-refractivity contribution is 0.574. The number of hydrogen-bond donors (Lipinski definition) is 1. The fourth-order valence-electron chi connectivity index (χ4n) is 1.67. The van der Waals surface area contributed by atoms with Crippen molar-refractivity contribution < 1.29 is 0 Å². The van der Waals surface area contributed by atoms with Gasteiger partial charge in [-0.2, -0.15) is 11.8 Å². The zero-order valence-electron chi connectivity index (χ0n) is 9.02. The lowest BCUT2D eigenvalue weighted by Crippen LogP contribution is -2.25. The standard InChI is InChI=1S/C10H12N2OS3/c1-6(5-15-2)12-9(13)8-7(3-4-16-8)11-10(12)14/h3-4,6H,5H2,1-2H3,(H,11,14). The zero-order chi connectivity index (χ0) is 11.7. The number of fused-ring (bicyclic) bond motifs is 1. The van der Waals surface area contributed by atoms with Gasteiger partial charge in [0.25, 0.3) is 5.56 Å². The van der Waals surface area contributed by atoms with Crippen LogP contribution in [0.25, 0.3) is 10.2 Å². The Balaban J connectivity index is 2.69. The van der Waals surface area contributed by atoms with E-state index in [1.54, 1.807) is 16.3 Å². The highest BCUT2D eigenvalue weighted by molar-refractivity contribution is 7.98. The fourth-order valence-corrected chi connectivity index (χ4v) is 3.46. The van der Waals surface area contributed by atoms with E-state index in [1.165, 1.54) is 11.3 Å². The Bertz CT molecular complexity index is 610. The largest absolute Gasteiger partial charge is 0.331 e. The summed E-state index contributed by atoms with van der Waals surface area (Å²) < 4.78 is 2.93. The summed E-state index contributed by atoms with van der Waals surface area (Å²) >= 11 is 8.39. The minimum Gasteiger partial charge on any atom is -0.331 e. The van der Waals surface area contributed by atoms with Gasteiger partial charge in [0.05, 0.1) is 5.52 Å². The van der Waals surface area contributed by atoms with Gasteiger partial charge in [-0.25, -0.2) is 0 Å². The van der Waals surface area contributed by atoms with E-state index in [1.807, 2.05) is 24.6 Å². The van der Waals surface area contributed by atoms with E-state index in [0.717, 1.165) is 16.0 Å². The number of nitrogens with one attached hydrogen (secondary N) is 1. The van der Waals surface area contributed by atoms with Gasteiger partial charge < -0.3 is 4.98 Å². The average molecular weight is 272 g/mol. The Morgan fingerprint density at radius 1 is 1.69 bits per heavy atom. The van der Waals surface area contributed by atoms with Gasteiger partial charge in [-0.05, 0) is 36.8 Å². The van der Waals surface area contributed by atoms with Crippen LogP contribution in [0, 0.1) is 4.77 Å². The molecule has 2 rings (SSSR count). The van der Waals surface area contributed by atoms with Crippen molar-refractivity contribution in [3.8, 4) is 0 Å². The molecule has 3 nitrogen and oxygen atoms in total. The van der Waals surface area contributed by atoms with Crippen LogP contribution < -0.4 is 5.56 Å². The molecule has 0 aliphatic carbocycles. The molecule has 16 heavy (non-hydrogen) atoms. The molecule has 0 bridgehead atoms. The fraction of sp³-hybridized carbons (Fsp3) is 0.400. The van der Waals surface area contributed by atoms with Gasteiger partial charge in [-0.15, -0.1) is 11.3 Å². The average Bonchev–Trinajstić information content (AvgIpc) is 2.66. The van der Waals surface area contributed by atoms with Crippen molar-refractivity contribution >= 4 is 45.5 Å². The summed E-state index contributed by atoms with van der Waals surface area (Å²) in [7, 11) is 0. The Kier molecular flexibility index (Phi) is 3.51. The number of aromatic amines is 1. The topological polar surface area (TPSA) is 37.8 Å².